The fourth-order valence-electron chi connectivity index (χ4n) is 8.97. The Labute approximate surface area is 434 Å². The molecule has 1 aliphatic heterocycles. The third-order valence-corrected chi connectivity index (χ3v) is 13.7. The van der Waals surface area contributed by atoms with E-state index in [4.69, 9.17) is 14.2 Å². The van der Waals surface area contributed by atoms with E-state index in [-0.39, 0.29) is 18.5 Å². The van der Waals surface area contributed by atoms with Crippen molar-refractivity contribution in [3.05, 3.63) is 48.6 Å². The van der Waals surface area contributed by atoms with Crippen LogP contribution in [-0.2, 0) is 23.8 Å². The molecular formula is C60H109NO10. The van der Waals surface area contributed by atoms with E-state index in [1.807, 2.05) is 6.08 Å². The lowest BCUT2D eigenvalue weighted by Crippen LogP contribution is -2.60. The summed E-state index contributed by atoms with van der Waals surface area (Å²) in [6.07, 6.45) is 52.3. The quantitative estimate of drug-likeness (QED) is 0.0149. The van der Waals surface area contributed by atoms with E-state index in [0.29, 0.717) is 19.4 Å². The Hall–Kier alpha value is -2.38. The largest absolute Gasteiger partial charge is 0.466 e. The maximum atomic E-state index is 13.0. The molecule has 7 atom stereocenters. The fraction of sp³-hybridized carbons (Fsp3) is 0.833. The van der Waals surface area contributed by atoms with Gasteiger partial charge >= 0.3 is 5.97 Å². The van der Waals surface area contributed by atoms with Crippen LogP contribution in [0.3, 0.4) is 0 Å². The van der Waals surface area contributed by atoms with Crippen LogP contribution < -0.4 is 5.32 Å². The van der Waals surface area contributed by atoms with Crippen LogP contribution in [0.2, 0.25) is 0 Å². The summed E-state index contributed by atoms with van der Waals surface area (Å²) in [5.41, 5.74) is 0. The minimum Gasteiger partial charge on any atom is -0.466 e. The second-order valence-electron chi connectivity index (χ2n) is 20.4. The predicted octanol–water partition coefficient (Wildman–Crippen LogP) is 13.3. The van der Waals surface area contributed by atoms with Crippen LogP contribution in [0.25, 0.3) is 0 Å². The Kier molecular flexibility index (Phi) is 46.7. The number of rotatable bonds is 50. The highest BCUT2D eigenvalue weighted by molar-refractivity contribution is 5.76. The summed E-state index contributed by atoms with van der Waals surface area (Å²) in [4.78, 5) is 25.1. The van der Waals surface area contributed by atoms with E-state index in [0.717, 1.165) is 103 Å². The topological polar surface area (TPSA) is 175 Å². The van der Waals surface area contributed by atoms with Gasteiger partial charge in [0.05, 0.1) is 32.0 Å². The van der Waals surface area contributed by atoms with Crippen LogP contribution in [0, 0.1) is 0 Å². The molecule has 1 saturated heterocycles. The lowest BCUT2D eigenvalue weighted by atomic mass is 9.99. The van der Waals surface area contributed by atoms with E-state index < -0.39 is 49.5 Å². The molecule has 1 amide bonds. The maximum absolute atomic E-state index is 13.0. The molecule has 0 bridgehead atoms. The van der Waals surface area contributed by atoms with Crippen molar-refractivity contribution >= 4 is 11.9 Å². The molecule has 0 saturated carbocycles. The number of ether oxygens (including phenoxy) is 3. The summed E-state index contributed by atoms with van der Waals surface area (Å²) in [6.45, 7) is 4.20. The van der Waals surface area contributed by atoms with Crippen molar-refractivity contribution in [3.8, 4) is 0 Å². The SMILES string of the molecule is CCCCC/C=C/CC/C=C/C(O)C(COC1OC(CO)C(O)C(O)C1O)NC(=O)CCCCCCCC/C=C\C=C/CCCCCOC(=O)CCCCCCCCCCCCCCCCCCCCC. The average Bonchev–Trinajstić information content (AvgIpc) is 3.37. The molecule has 11 nitrogen and oxygen atoms in total. The molecule has 7 unspecified atom stereocenters. The van der Waals surface area contributed by atoms with Crippen molar-refractivity contribution in [2.45, 2.75) is 301 Å². The summed E-state index contributed by atoms with van der Waals surface area (Å²) in [5.74, 6) is -0.255. The molecule has 1 rings (SSSR count). The monoisotopic (exact) mass is 1000 g/mol. The highest BCUT2D eigenvalue weighted by Crippen LogP contribution is 2.23. The van der Waals surface area contributed by atoms with Gasteiger partial charge in [-0.25, -0.2) is 0 Å². The zero-order valence-electron chi connectivity index (χ0n) is 45.4. The van der Waals surface area contributed by atoms with Gasteiger partial charge in [-0.2, -0.15) is 0 Å². The van der Waals surface area contributed by atoms with Crippen LogP contribution in [-0.4, -0.2) is 100 Å². The fourth-order valence-corrected chi connectivity index (χ4v) is 8.97. The molecule has 0 radical (unpaired) electrons. The first kappa shape index (κ1) is 66.6. The van der Waals surface area contributed by atoms with E-state index >= 15 is 0 Å². The third kappa shape index (κ3) is 39.7. The van der Waals surface area contributed by atoms with Gasteiger partial charge in [-0.15, -0.1) is 0 Å². The average molecular weight is 1000 g/mol. The minimum atomic E-state index is -1.58. The summed E-state index contributed by atoms with van der Waals surface area (Å²) in [5, 5.41) is 54.1. The number of nitrogens with one attached hydrogen (secondary N) is 1. The summed E-state index contributed by atoms with van der Waals surface area (Å²) in [7, 11) is 0. The van der Waals surface area contributed by atoms with Crippen LogP contribution in [0.15, 0.2) is 48.6 Å². The molecule has 0 aromatic carbocycles. The van der Waals surface area contributed by atoms with E-state index in [1.165, 1.54) is 128 Å². The van der Waals surface area contributed by atoms with Gasteiger partial charge in [0.1, 0.15) is 24.4 Å². The van der Waals surface area contributed by atoms with Crippen molar-refractivity contribution in [1.29, 1.82) is 0 Å². The standard InChI is InChI=1S/C60H109NO10/c1-3-5-7-9-11-13-14-15-16-17-18-19-22-25-28-32-36-40-44-48-56(65)69-49-45-41-37-33-29-26-23-20-21-24-27-31-35-39-43-47-55(64)61-52(53(63)46-42-38-34-30-12-10-8-6-4-2)51-70-60-59(68)58(67)57(66)54(50-62)71-60/h12,20,23,26,29-30,42,46,52-54,57-60,62-63,66-68H,3-11,13-19,21-22,24-25,27-28,31-41,43-45,47-51H2,1-2H3,(H,61,64)/b23-20-,29-26-,30-12+,46-42+. The molecule has 71 heavy (non-hydrogen) atoms. The van der Waals surface area contributed by atoms with Crippen molar-refractivity contribution in [3.63, 3.8) is 0 Å². The zero-order valence-corrected chi connectivity index (χ0v) is 45.4. The summed E-state index contributed by atoms with van der Waals surface area (Å²) in [6, 6.07) is -0.843. The molecule has 0 aliphatic carbocycles. The van der Waals surface area contributed by atoms with Crippen LogP contribution in [0.5, 0.6) is 0 Å². The lowest BCUT2D eigenvalue weighted by molar-refractivity contribution is -0.302. The lowest BCUT2D eigenvalue weighted by Gasteiger charge is -2.40. The molecule has 1 aliphatic rings. The predicted molar refractivity (Wildman–Crippen MR) is 292 cm³/mol. The molecular weight excluding hydrogens is 895 g/mol. The first-order valence-corrected chi connectivity index (χ1v) is 29.4. The number of amides is 1. The summed E-state index contributed by atoms with van der Waals surface area (Å²) < 4.78 is 16.6. The number of unbranched alkanes of at least 4 members (excludes halogenated alkanes) is 31. The zero-order chi connectivity index (χ0) is 51.7. The smallest absolute Gasteiger partial charge is 0.305 e. The number of aliphatic hydroxyl groups is 5. The Morgan fingerprint density at radius 2 is 0.958 bits per heavy atom. The van der Waals surface area contributed by atoms with Gasteiger partial charge in [0.25, 0.3) is 0 Å². The Bertz CT molecular complexity index is 1320. The molecule has 6 N–H and O–H groups in total. The second-order valence-corrected chi connectivity index (χ2v) is 20.4. The van der Waals surface area contributed by atoms with Gasteiger partial charge in [-0.3, -0.25) is 9.59 Å². The van der Waals surface area contributed by atoms with E-state index in [9.17, 15) is 35.1 Å². The summed E-state index contributed by atoms with van der Waals surface area (Å²) >= 11 is 0. The second kappa shape index (κ2) is 49.8. The molecule has 1 heterocycles. The van der Waals surface area contributed by atoms with Crippen molar-refractivity contribution in [2.75, 3.05) is 19.8 Å². The molecule has 0 spiro atoms. The number of esters is 1. The van der Waals surface area contributed by atoms with Gasteiger partial charge in [0.2, 0.25) is 5.91 Å². The number of aliphatic hydroxyl groups excluding tert-OH is 5. The van der Waals surface area contributed by atoms with Gasteiger partial charge in [0.15, 0.2) is 6.29 Å². The number of allylic oxidation sites excluding steroid dienone is 7. The molecule has 1 fully saturated rings. The van der Waals surface area contributed by atoms with Crippen molar-refractivity contribution in [1.82, 2.24) is 5.32 Å². The first-order chi connectivity index (χ1) is 34.7. The van der Waals surface area contributed by atoms with Gasteiger partial charge < -0.3 is 45.1 Å². The number of hydrogen-bond donors (Lipinski definition) is 6. The van der Waals surface area contributed by atoms with Gasteiger partial charge in [-0.05, 0) is 77.0 Å². The molecule has 0 aromatic rings. The van der Waals surface area contributed by atoms with Crippen molar-refractivity contribution in [2.24, 2.45) is 0 Å². The van der Waals surface area contributed by atoms with Gasteiger partial charge in [-0.1, -0.05) is 217 Å². The van der Waals surface area contributed by atoms with Crippen molar-refractivity contribution < 1.29 is 49.3 Å². The van der Waals surface area contributed by atoms with Gasteiger partial charge in [0, 0.05) is 12.8 Å². The van der Waals surface area contributed by atoms with E-state index in [2.05, 4.69) is 55.6 Å². The van der Waals surface area contributed by atoms with E-state index in [1.54, 1.807) is 6.08 Å². The maximum Gasteiger partial charge on any atom is 0.305 e. The number of hydrogen-bond acceptors (Lipinski definition) is 10. The third-order valence-electron chi connectivity index (χ3n) is 13.7. The molecule has 414 valence electrons. The molecule has 0 aromatic heterocycles. The highest BCUT2D eigenvalue weighted by Gasteiger charge is 2.44. The normalized spacial score (nSPS) is 19.5. The Morgan fingerprint density at radius 3 is 1.51 bits per heavy atom. The van der Waals surface area contributed by atoms with Crippen LogP contribution >= 0.6 is 0 Å². The Morgan fingerprint density at radius 1 is 0.521 bits per heavy atom. The highest BCUT2D eigenvalue weighted by atomic mass is 16.7. The number of carbonyl (C=O) groups excluding carboxylic acids is 2. The molecule has 11 heteroatoms. The van der Waals surface area contributed by atoms with Crippen LogP contribution in [0.1, 0.15) is 258 Å². The van der Waals surface area contributed by atoms with Crippen LogP contribution in [0.4, 0.5) is 0 Å². The number of carbonyl (C=O) groups is 2. The minimum absolute atomic E-state index is 0.0378. The first-order valence-electron chi connectivity index (χ1n) is 29.4. The Balaban J connectivity index is 2.07.